The number of hydrogen-bond acceptors (Lipinski definition) is 4. The largest absolute Gasteiger partial charge is 0.381 e. The zero-order valence-electron chi connectivity index (χ0n) is 11.2. The molecule has 19 heavy (non-hydrogen) atoms. The molecule has 102 valence electrons. The van der Waals surface area contributed by atoms with Gasteiger partial charge in [-0.2, -0.15) is 5.10 Å². The Balaban J connectivity index is 2.06. The Morgan fingerprint density at radius 3 is 3.16 bits per heavy atom. The van der Waals surface area contributed by atoms with Crippen molar-refractivity contribution in [1.82, 2.24) is 15.2 Å². The second-order valence-corrected chi connectivity index (χ2v) is 5.15. The van der Waals surface area contributed by atoms with Gasteiger partial charge in [0.1, 0.15) is 0 Å². The predicted molar refractivity (Wildman–Crippen MR) is 74.0 cm³/mol. The Kier molecular flexibility index (Phi) is 3.48. The van der Waals surface area contributed by atoms with Crippen molar-refractivity contribution in [3.05, 3.63) is 23.7 Å². The summed E-state index contributed by atoms with van der Waals surface area (Å²) >= 11 is 0. The lowest BCUT2D eigenvalue weighted by molar-refractivity contribution is 0.0486. The molecular weight excluding hydrogens is 240 g/mol. The molecule has 0 amide bonds. The maximum absolute atomic E-state index is 5.90. The summed E-state index contributed by atoms with van der Waals surface area (Å²) in [4.78, 5) is 4.68. The lowest BCUT2D eigenvalue weighted by Crippen LogP contribution is -2.31. The van der Waals surface area contributed by atoms with Gasteiger partial charge in [-0.1, -0.05) is 6.92 Å². The fourth-order valence-corrected chi connectivity index (χ4v) is 2.94. The number of H-pyrrole nitrogens is 1. The van der Waals surface area contributed by atoms with E-state index in [1.165, 1.54) is 5.56 Å². The highest BCUT2D eigenvalue weighted by Crippen LogP contribution is 2.33. The van der Waals surface area contributed by atoms with Crippen molar-refractivity contribution in [3.63, 3.8) is 0 Å². The number of rotatable bonds is 3. The van der Waals surface area contributed by atoms with E-state index in [2.05, 4.69) is 22.1 Å². The van der Waals surface area contributed by atoms with Gasteiger partial charge in [-0.3, -0.25) is 10.1 Å². The van der Waals surface area contributed by atoms with E-state index in [9.17, 15) is 0 Å². The summed E-state index contributed by atoms with van der Waals surface area (Å²) in [5.74, 6) is 0.733. The summed E-state index contributed by atoms with van der Waals surface area (Å²) in [6.45, 7) is 4.33. The molecule has 3 rings (SSSR count). The first-order valence-corrected chi connectivity index (χ1v) is 6.93. The summed E-state index contributed by atoms with van der Waals surface area (Å²) in [5, 5.41) is 8.39. The summed E-state index contributed by atoms with van der Waals surface area (Å²) in [6.07, 6.45) is 5.79. The van der Waals surface area contributed by atoms with E-state index in [1.807, 2.05) is 12.4 Å². The Morgan fingerprint density at radius 1 is 1.47 bits per heavy atom. The third kappa shape index (κ3) is 2.13. The third-order valence-corrected chi connectivity index (χ3v) is 4.13. The van der Waals surface area contributed by atoms with Gasteiger partial charge < -0.3 is 10.5 Å². The molecule has 2 atom stereocenters. The summed E-state index contributed by atoms with van der Waals surface area (Å²) in [7, 11) is 0. The van der Waals surface area contributed by atoms with E-state index in [-0.39, 0.29) is 5.92 Å². The quantitative estimate of drug-likeness (QED) is 0.878. The molecule has 3 N–H and O–H groups in total. The van der Waals surface area contributed by atoms with Crippen molar-refractivity contribution in [1.29, 1.82) is 0 Å². The summed E-state index contributed by atoms with van der Waals surface area (Å²) < 4.78 is 5.62. The number of nitrogens with two attached hydrogens (primary N) is 1. The number of aromatic nitrogens is 3. The number of fused-ring (bicyclic) bond motifs is 1. The molecule has 1 fully saturated rings. The Morgan fingerprint density at radius 2 is 2.37 bits per heavy atom. The monoisotopic (exact) mass is 260 g/mol. The van der Waals surface area contributed by atoms with Crippen molar-refractivity contribution in [2.24, 2.45) is 11.7 Å². The van der Waals surface area contributed by atoms with Crippen molar-refractivity contribution < 1.29 is 4.74 Å². The summed E-state index contributed by atoms with van der Waals surface area (Å²) in [6, 6.07) is 0. The molecule has 0 aliphatic carbocycles. The molecule has 0 saturated carbocycles. The third-order valence-electron chi connectivity index (χ3n) is 4.13. The Labute approximate surface area is 112 Å². The van der Waals surface area contributed by atoms with Gasteiger partial charge in [-0.05, 0) is 30.9 Å². The smallest absolute Gasteiger partial charge is 0.0716 e. The second kappa shape index (κ2) is 5.27. The van der Waals surface area contributed by atoms with E-state index in [1.54, 1.807) is 0 Å². The molecule has 2 aromatic rings. The fourth-order valence-electron chi connectivity index (χ4n) is 2.94. The van der Waals surface area contributed by atoms with E-state index < -0.39 is 0 Å². The number of aryl methyl sites for hydroxylation is 1. The SMILES string of the molecule is CCc1cnc(C2COCCC2CN)c2cn[nH]c12. The topological polar surface area (TPSA) is 76.8 Å². The molecule has 0 bridgehead atoms. The Hall–Kier alpha value is -1.46. The molecule has 0 spiro atoms. The maximum atomic E-state index is 5.90. The van der Waals surface area contributed by atoms with Gasteiger partial charge in [0.2, 0.25) is 0 Å². The highest BCUT2D eigenvalue weighted by molar-refractivity contribution is 5.83. The van der Waals surface area contributed by atoms with Crippen LogP contribution in [0.2, 0.25) is 0 Å². The van der Waals surface area contributed by atoms with Gasteiger partial charge in [-0.25, -0.2) is 0 Å². The molecule has 2 unspecified atom stereocenters. The van der Waals surface area contributed by atoms with Crippen LogP contribution in [0.5, 0.6) is 0 Å². The van der Waals surface area contributed by atoms with Gasteiger partial charge in [0, 0.05) is 24.1 Å². The lowest BCUT2D eigenvalue weighted by atomic mass is 9.84. The molecule has 1 aliphatic rings. The van der Waals surface area contributed by atoms with Gasteiger partial charge in [0.25, 0.3) is 0 Å². The van der Waals surface area contributed by atoms with Crippen LogP contribution < -0.4 is 5.73 Å². The number of hydrogen-bond donors (Lipinski definition) is 2. The van der Waals surface area contributed by atoms with Gasteiger partial charge >= 0.3 is 0 Å². The molecule has 1 aliphatic heterocycles. The first kappa shape index (κ1) is 12.6. The molecule has 0 aromatic carbocycles. The highest BCUT2D eigenvalue weighted by atomic mass is 16.5. The second-order valence-electron chi connectivity index (χ2n) is 5.15. The van der Waals surface area contributed by atoms with Crippen LogP contribution in [-0.4, -0.2) is 34.9 Å². The first-order valence-electron chi connectivity index (χ1n) is 6.93. The summed E-state index contributed by atoms with van der Waals surface area (Å²) in [5.41, 5.74) is 9.29. The minimum atomic E-state index is 0.282. The molecule has 0 radical (unpaired) electrons. The normalized spacial score (nSPS) is 23.9. The van der Waals surface area contributed by atoms with Crippen molar-refractivity contribution >= 4 is 10.9 Å². The van der Waals surface area contributed by atoms with Crippen molar-refractivity contribution in [2.75, 3.05) is 19.8 Å². The molecule has 1 saturated heterocycles. The zero-order chi connectivity index (χ0) is 13.2. The van der Waals surface area contributed by atoms with Gasteiger partial charge in [0.15, 0.2) is 0 Å². The van der Waals surface area contributed by atoms with Crippen LogP contribution in [-0.2, 0) is 11.2 Å². The van der Waals surface area contributed by atoms with Gasteiger partial charge in [-0.15, -0.1) is 0 Å². The fraction of sp³-hybridized carbons (Fsp3) is 0.571. The van der Waals surface area contributed by atoms with Crippen LogP contribution in [0.25, 0.3) is 10.9 Å². The van der Waals surface area contributed by atoms with Crippen LogP contribution in [0, 0.1) is 5.92 Å². The van der Waals surface area contributed by atoms with E-state index >= 15 is 0 Å². The minimum Gasteiger partial charge on any atom is -0.381 e. The average Bonchev–Trinajstić information content (AvgIpc) is 2.95. The zero-order valence-corrected chi connectivity index (χ0v) is 11.2. The standard InChI is InChI=1S/C14H20N4O/c1-2-9-6-16-14(11-7-17-18-13(9)11)12-8-19-4-3-10(12)5-15/h6-7,10,12H,2-5,8,15H2,1H3,(H,17,18). The molecule has 5 nitrogen and oxygen atoms in total. The number of pyridine rings is 1. The molecule has 3 heterocycles. The molecular formula is C14H20N4O. The molecule has 5 heteroatoms. The van der Waals surface area contributed by atoms with Crippen LogP contribution >= 0.6 is 0 Å². The Bertz CT molecular complexity index is 566. The van der Waals surface area contributed by atoms with Crippen molar-refractivity contribution in [3.8, 4) is 0 Å². The van der Waals surface area contributed by atoms with Crippen molar-refractivity contribution in [2.45, 2.75) is 25.7 Å². The van der Waals surface area contributed by atoms with Crippen LogP contribution in [0.4, 0.5) is 0 Å². The number of aromatic amines is 1. The number of nitrogens with one attached hydrogen (secondary N) is 1. The first-order chi connectivity index (χ1) is 9.35. The number of nitrogens with zero attached hydrogens (tertiary/aromatic N) is 2. The minimum absolute atomic E-state index is 0.282. The highest BCUT2D eigenvalue weighted by Gasteiger charge is 2.29. The lowest BCUT2D eigenvalue weighted by Gasteiger charge is -2.30. The van der Waals surface area contributed by atoms with Crippen LogP contribution in [0.1, 0.15) is 30.5 Å². The van der Waals surface area contributed by atoms with E-state index in [0.717, 1.165) is 36.0 Å². The molecule has 2 aromatic heterocycles. The van der Waals surface area contributed by atoms with E-state index in [0.29, 0.717) is 19.1 Å². The average molecular weight is 260 g/mol. The predicted octanol–water partition coefficient (Wildman–Crippen LogP) is 1.60. The maximum Gasteiger partial charge on any atom is 0.0716 e. The van der Waals surface area contributed by atoms with E-state index in [4.69, 9.17) is 10.5 Å². The van der Waals surface area contributed by atoms with Gasteiger partial charge in [0.05, 0.1) is 24.0 Å². The number of ether oxygens (including phenoxy) is 1. The van der Waals surface area contributed by atoms with Crippen LogP contribution in [0.15, 0.2) is 12.4 Å². The van der Waals surface area contributed by atoms with Crippen LogP contribution in [0.3, 0.4) is 0 Å².